The van der Waals surface area contributed by atoms with Crippen molar-refractivity contribution in [1.29, 1.82) is 0 Å². The Morgan fingerprint density at radius 3 is 2.14 bits per heavy atom. The van der Waals surface area contributed by atoms with Gasteiger partial charge in [0.1, 0.15) is 5.82 Å². The molecule has 1 saturated heterocycles. The molecule has 1 fully saturated rings. The number of alkyl halides is 6. The van der Waals surface area contributed by atoms with Crippen LogP contribution in [0.25, 0.3) is 0 Å². The molecule has 1 aliphatic heterocycles. The van der Waals surface area contributed by atoms with Crippen LogP contribution in [0, 0.1) is 18.7 Å². The van der Waals surface area contributed by atoms with Crippen LogP contribution in [0.2, 0.25) is 0 Å². The Hall–Kier alpha value is -3.94. The molecule has 44 heavy (non-hydrogen) atoms. The minimum Gasteiger partial charge on any atom is -0.354 e. The molecule has 4 rings (SSSR count). The summed E-state index contributed by atoms with van der Waals surface area (Å²) < 4.78 is 94.2. The summed E-state index contributed by atoms with van der Waals surface area (Å²) in [6.45, 7) is 3.10. The lowest BCUT2D eigenvalue weighted by Gasteiger charge is -2.40. The standard InChI is InChI=1S/C29H28F7N5O2.ClH/c1-16-10-21(30)4-5-22(16)24-15-41(26-7-6-25(38-39-26)37-17(2)42)9-8-23(24)27(43)40(3)14-18-11-19(28(31,32)33)13-20(12-18)29(34,35)36;/h4-7,10-13,23-24H,8-9,14-15H2,1-3H3,(H,37,38,42);1H/t23-,24+;/m1./s1. The number of aromatic nitrogens is 2. The average Bonchev–Trinajstić information content (AvgIpc) is 2.91. The number of anilines is 2. The van der Waals surface area contributed by atoms with Gasteiger partial charge >= 0.3 is 12.4 Å². The molecule has 2 heterocycles. The Morgan fingerprint density at radius 1 is 0.977 bits per heavy atom. The number of carbonyl (C=O) groups excluding carboxylic acids is 2. The monoisotopic (exact) mass is 647 g/mol. The van der Waals surface area contributed by atoms with Gasteiger partial charge in [0.15, 0.2) is 11.6 Å². The van der Waals surface area contributed by atoms with E-state index in [-0.39, 0.29) is 48.7 Å². The largest absolute Gasteiger partial charge is 0.416 e. The van der Waals surface area contributed by atoms with Crippen LogP contribution in [-0.2, 0) is 28.5 Å². The van der Waals surface area contributed by atoms with Gasteiger partial charge < -0.3 is 15.1 Å². The lowest BCUT2D eigenvalue weighted by atomic mass is 9.78. The summed E-state index contributed by atoms with van der Waals surface area (Å²) in [4.78, 5) is 28.0. The van der Waals surface area contributed by atoms with Gasteiger partial charge in [0.2, 0.25) is 11.8 Å². The average molecular weight is 648 g/mol. The molecule has 0 spiro atoms. The molecule has 7 nitrogen and oxygen atoms in total. The molecule has 1 N–H and O–H groups in total. The number of nitrogens with zero attached hydrogens (tertiary/aromatic N) is 4. The van der Waals surface area contributed by atoms with Crippen LogP contribution in [0.1, 0.15) is 47.1 Å². The highest BCUT2D eigenvalue weighted by molar-refractivity contribution is 5.87. The Balaban J connectivity index is 0.00000529. The highest BCUT2D eigenvalue weighted by Crippen LogP contribution is 2.39. The van der Waals surface area contributed by atoms with E-state index in [4.69, 9.17) is 0 Å². The topological polar surface area (TPSA) is 78.4 Å². The van der Waals surface area contributed by atoms with Gasteiger partial charge in [-0.05, 0) is 72.5 Å². The number of benzene rings is 2. The zero-order valence-corrected chi connectivity index (χ0v) is 24.6. The van der Waals surface area contributed by atoms with Crippen LogP contribution in [-0.4, -0.2) is 47.0 Å². The van der Waals surface area contributed by atoms with Crippen molar-refractivity contribution < 1.29 is 40.3 Å². The zero-order valence-electron chi connectivity index (χ0n) is 23.8. The van der Waals surface area contributed by atoms with Gasteiger partial charge in [-0.25, -0.2) is 4.39 Å². The molecule has 0 bridgehead atoms. The molecule has 0 radical (unpaired) electrons. The van der Waals surface area contributed by atoms with Gasteiger partial charge in [-0.1, -0.05) is 6.07 Å². The summed E-state index contributed by atoms with van der Waals surface area (Å²) in [7, 11) is 1.32. The molecule has 2 atom stereocenters. The summed E-state index contributed by atoms with van der Waals surface area (Å²) in [5.41, 5.74) is -2.00. The third kappa shape index (κ3) is 8.16. The molecule has 0 saturated carbocycles. The first kappa shape index (κ1) is 34.5. The molecule has 3 aromatic rings. The summed E-state index contributed by atoms with van der Waals surface area (Å²) >= 11 is 0. The number of hydrogen-bond donors (Lipinski definition) is 1. The number of rotatable bonds is 6. The van der Waals surface area contributed by atoms with Crippen LogP contribution in [0.3, 0.4) is 0 Å². The Kier molecular flexibility index (Phi) is 10.5. The summed E-state index contributed by atoms with van der Waals surface area (Å²) in [5.74, 6) is -1.81. The molecular weight excluding hydrogens is 619 g/mol. The Bertz CT molecular complexity index is 1470. The number of amides is 2. The van der Waals surface area contributed by atoms with Crippen LogP contribution in [0.5, 0.6) is 0 Å². The van der Waals surface area contributed by atoms with E-state index >= 15 is 0 Å². The second kappa shape index (κ2) is 13.4. The number of aryl methyl sites for hydroxylation is 1. The normalized spacial score (nSPS) is 17.1. The van der Waals surface area contributed by atoms with E-state index in [1.807, 2.05) is 4.90 Å². The maximum atomic E-state index is 13.9. The third-order valence-electron chi connectivity index (χ3n) is 7.28. The lowest BCUT2D eigenvalue weighted by molar-refractivity contribution is -0.143. The summed E-state index contributed by atoms with van der Waals surface area (Å²) in [6.07, 6.45) is -9.77. The first-order valence-corrected chi connectivity index (χ1v) is 13.2. The number of nitrogens with one attached hydrogen (secondary N) is 1. The van der Waals surface area contributed by atoms with Crippen LogP contribution >= 0.6 is 12.4 Å². The van der Waals surface area contributed by atoms with E-state index in [0.29, 0.717) is 35.6 Å². The fourth-order valence-corrected chi connectivity index (χ4v) is 5.31. The van der Waals surface area contributed by atoms with Gasteiger partial charge in [-0.15, -0.1) is 22.6 Å². The molecule has 2 amide bonds. The molecule has 15 heteroatoms. The van der Waals surface area contributed by atoms with Crippen molar-refractivity contribution in [3.05, 3.63) is 82.2 Å². The molecule has 2 aromatic carbocycles. The van der Waals surface area contributed by atoms with Crippen molar-refractivity contribution in [1.82, 2.24) is 15.1 Å². The van der Waals surface area contributed by atoms with E-state index in [2.05, 4.69) is 15.5 Å². The van der Waals surface area contributed by atoms with Gasteiger partial charge in [0.25, 0.3) is 0 Å². The van der Waals surface area contributed by atoms with Gasteiger partial charge in [-0.3, -0.25) is 9.59 Å². The highest BCUT2D eigenvalue weighted by Gasteiger charge is 2.39. The minimum atomic E-state index is -5.01. The van der Waals surface area contributed by atoms with Crippen molar-refractivity contribution in [2.24, 2.45) is 5.92 Å². The molecule has 238 valence electrons. The van der Waals surface area contributed by atoms with Gasteiger partial charge in [0.05, 0.1) is 11.1 Å². The SMILES string of the molecule is CC(=O)Nc1ccc(N2CC[C@@H](C(=O)N(C)Cc3cc(C(F)(F)F)cc(C(F)(F)F)c3)[C@H](c3ccc(F)cc3C)C2)nn1.Cl. The van der Waals surface area contributed by atoms with E-state index in [0.717, 1.165) is 4.90 Å². The maximum absolute atomic E-state index is 13.9. The predicted molar refractivity (Wildman–Crippen MR) is 151 cm³/mol. The van der Waals surface area contributed by atoms with Crippen molar-refractivity contribution in [2.45, 2.75) is 45.1 Å². The second-order valence-electron chi connectivity index (χ2n) is 10.5. The van der Waals surface area contributed by atoms with Crippen molar-refractivity contribution in [3.63, 3.8) is 0 Å². The fourth-order valence-electron chi connectivity index (χ4n) is 5.31. The highest BCUT2D eigenvalue weighted by atomic mass is 35.5. The maximum Gasteiger partial charge on any atom is 0.416 e. The first-order valence-electron chi connectivity index (χ1n) is 13.2. The van der Waals surface area contributed by atoms with Crippen LogP contribution in [0.15, 0.2) is 48.5 Å². The number of halogens is 8. The van der Waals surface area contributed by atoms with Crippen LogP contribution < -0.4 is 10.2 Å². The molecule has 1 aliphatic rings. The number of piperidine rings is 1. The quantitative estimate of drug-likeness (QED) is 0.305. The molecule has 0 unspecified atom stereocenters. The van der Waals surface area contributed by atoms with E-state index in [9.17, 15) is 40.3 Å². The van der Waals surface area contributed by atoms with Crippen molar-refractivity contribution in [3.8, 4) is 0 Å². The first-order chi connectivity index (χ1) is 20.0. The predicted octanol–water partition coefficient (Wildman–Crippen LogP) is 6.61. The Labute approximate surface area is 254 Å². The fraction of sp³-hybridized carbons (Fsp3) is 0.379. The molecule has 0 aliphatic carbocycles. The Morgan fingerprint density at radius 2 is 1.61 bits per heavy atom. The third-order valence-corrected chi connectivity index (χ3v) is 7.28. The summed E-state index contributed by atoms with van der Waals surface area (Å²) in [6, 6.07) is 8.61. The molecular formula is C29H29ClF7N5O2. The van der Waals surface area contributed by atoms with Crippen molar-refractivity contribution >= 4 is 35.9 Å². The van der Waals surface area contributed by atoms with Crippen LogP contribution in [0.4, 0.5) is 42.4 Å². The number of carbonyl (C=O) groups is 2. The molecule has 1 aromatic heterocycles. The second-order valence-corrected chi connectivity index (χ2v) is 10.5. The lowest BCUT2D eigenvalue weighted by Crippen LogP contribution is -2.46. The summed E-state index contributed by atoms with van der Waals surface area (Å²) in [5, 5.41) is 10.7. The van der Waals surface area contributed by atoms with Gasteiger partial charge in [-0.2, -0.15) is 26.3 Å². The van der Waals surface area contributed by atoms with Crippen molar-refractivity contribution in [2.75, 3.05) is 30.4 Å². The van der Waals surface area contributed by atoms with E-state index in [1.165, 1.54) is 26.1 Å². The minimum absolute atomic E-state index is 0. The zero-order chi connectivity index (χ0) is 31.7. The van der Waals surface area contributed by atoms with Gasteiger partial charge in [0, 0.05) is 45.4 Å². The van der Waals surface area contributed by atoms with E-state index < -0.39 is 53.6 Å². The number of hydrogen-bond acceptors (Lipinski definition) is 5. The smallest absolute Gasteiger partial charge is 0.354 e. The van der Waals surface area contributed by atoms with E-state index in [1.54, 1.807) is 25.1 Å².